The maximum absolute atomic E-state index is 10.5. The van der Waals surface area contributed by atoms with Crippen LogP contribution in [0.1, 0.15) is 6.92 Å². The first-order chi connectivity index (χ1) is 5.79. The van der Waals surface area contributed by atoms with Crippen molar-refractivity contribution in [2.75, 3.05) is 6.54 Å². The van der Waals surface area contributed by atoms with Crippen LogP contribution in [0.4, 0.5) is 0 Å². The lowest BCUT2D eigenvalue weighted by Gasteiger charge is -2.14. The van der Waals surface area contributed by atoms with E-state index >= 15 is 0 Å². The molecule has 64 valence electrons. The zero-order valence-corrected chi connectivity index (χ0v) is 7.03. The van der Waals surface area contributed by atoms with Crippen molar-refractivity contribution in [3.8, 4) is 0 Å². The average Bonchev–Trinajstić information content (AvgIpc) is 2.05. The van der Waals surface area contributed by atoms with Crippen LogP contribution in [0.5, 0.6) is 0 Å². The molecule has 0 aromatic carbocycles. The number of rotatable bonds is 2. The monoisotopic (exact) mass is 164 g/mol. The molecule has 0 unspecified atom stereocenters. The van der Waals surface area contributed by atoms with Gasteiger partial charge in [-0.05, 0) is 6.08 Å². The first kappa shape index (κ1) is 8.59. The standard InChI is InChI=1S/C9H12N2O/c1-9(12)10-5-8-11-6-3-2-4-7-11/h2-6,8H,7H2,1H3,(H,10,12). The van der Waals surface area contributed by atoms with E-state index in [2.05, 4.69) is 5.32 Å². The first-order valence-electron chi connectivity index (χ1n) is 3.82. The minimum atomic E-state index is -0.0530. The molecule has 12 heavy (non-hydrogen) atoms. The van der Waals surface area contributed by atoms with Gasteiger partial charge in [0.2, 0.25) is 5.91 Å². The molecule has 0 atom stereocenters. The lowest BCUT2D eigenvalue weighted by atomic mass is 10.4. The number of nitrogens with zero attached hydrogens (tertiary/aromatic N) is 1. The van der Waals surface area contributed by atoms with Crippen molar-refractivity contribution in [2.24, 2.45) is 0 Å². The molecule has 0 fully saturated rings. The number of carbonyl (C=O) groups is 1. The zero-order chi connectivity index (χ0) is 8.81. The van der Waals surface area contributed by atoms with Crippen molar-refractivity contribution in [1.29, 1.82) is 0 Å². The van der Waals surface area contributed by atoms with Crippen molar-refractivity contribution in [2.45, 2.75) is 6.92 Å². The summed E-state index contributed by atoms with van der Waals surface area (Å²) in [7, 11) is 0. The van der Waals surface area contributed by atoms with Gasteiger partial charge in [0.05, 0.1) is 0 Å². The summed E-state index contributed by atoms with van der Waals surface area (Å²) in [5, 5.41) is 2.57. The van der Waals surface area contributed by atoms with Crippen molar-refractivity contribution in [1.82, 2.24) is 10.2 Å². The van der Waals surface area contributed by atoms with Crippen LogP contribution in [-0.2, 0) is 4.79 Å². The van der Waals surface area contributed by atoms with Gasteiger partial charge in [-0.3, -0.25) is 4.79 Å². The minimum Gasteiger partial charge on any atom is -0.349 e. The fraction of sp³-hybridized carbons (Fsp3) is 0.222. The van der Waals surface area contributed by atoms with Crippen molar-refractivity contribution in [3.63, 3.8) is 0 Å². The molecule has 1 amide bonds. The number of hydrogen-bond donors (Lipinski definition) is 1. The highest BCUT2D eigenvalue weighted by molar-refractivity contribution is 5.73. The molecule has 1 heterocycles. The summed E-state index contributed by atoms with van der Waals surface area (Å²) in [6, 6.07) is 0. The molecule has 1 aliphatic heterocycles. The Labute approximate surface area is 72.1 Å². The van der Waals surface area contributed by atoms with E-state index in [1.807, 2.05) is 35.5 Å². The lowest BCUT2D eigenvalue weighted by molar-refractivity contribution is -0.118. The molecule has 0 spiro atoms. The molecular formula is C9H12N2O. The van der Waals surface area contributed by atoms with E-state index in [0.29, 0.717) is 0 Å². The minimum absolute atomic E-state index is 0.0530. The highest BCUT2D eigenvalue weighted by Crippen LogP contribution is 1.97. The fourth-order valence-corrected chi connectivity index (χ4v) is 0.843. The molecule has 1 aliphatic rings. The molecule has 0 aromatic heterocycles. The number of nitrogens with one attached hydrogen (secondary N) is 1. The van der Waals surface area contributed by atoms with Crippen LogP contribution in [0.3, 0.4) is 0 Å². The van der Waals surface area contributed by atoms with Gasteiger partial charge in [-0.2, -0.15) is 0 Å². The Hall–Kier alpha value is -1.51. The second-order valence-corrected chi connectivity index (χ2v) is 2.48. The van der Waals surface area contributed by atoms with Gasteiger partial charge in [0.1, 0.15) is 0 Å². The molecule has 0 saturated carbocycles. The van der Waals surface area contributed by atoms with Crippen LogP contribution in [0, 0.1) is 0 Å². The maximum Gasteiger partial charge on any atom is 0.220 e. The van der Waals surface area contributed by atoms with Crippen LogP contribution in [0.15, 0.2) is 36.8 Å². The topological polar surface area (TPSA) is 32.3 Å². The summed E-state index contributed by atoms with van der Waals surface area (Å²) in [6.07, 6.45) is 11.4. The SMILES string of the molecule is CC(=O)NC=CN1C=CC=CC1. The summed E-state index contributed by atoms with van der Waals surface area (Å²) in [5.74, 6) is -0.0530. The van der Waals surface area contributed by atoms with Gasteiger partial charge in [-0.25, -0.2) is 0 Å². The number of allylic oxidation sites excluding steroid dienone is 2. The molecule has 3 heteroatoms. The van der Waals surface area contributed by atoms with Crippen molar-refractivity contribution >= 4 is 5.91 Å². The number of carbonyl (C=O) groups excluding carboxylic acids is 1. The molecule has 0 bridgehead atoms. The third kappa shape index (κ3) is 3.05. The Kier molecular flexibility index (Phi) is 3.14. The number of amides is 1. The van der Waals surface area contributed by atoms with Gasteiger partial charge in [0, 0.05) is 32.1 Å². The van der Waals surface area contributed by atoms with Gasteiger partial charge >= 0.3 is 0 Å². The van der Waals surface area contributed by atoms with Gasteiger partial charge in [0.25, 0.3) is 0 Å². The Morgan fingerprint density at radius 1 is 1.58 bits per heavy atom. The van der Waals surface area contributed by atoms with Gasteiger partial charge in [0.15, 0.2) is 0 Å². The molecule has 1 N–H and O–H groups in total. The molecule has 0 aromatic rings. The molecule has 0 radical (unpaired) electrons. The fourth-order valence-electron chi connectivity index (χ4n) is 0.843. The second-order valence-electron chi connectivity index (χ2n) is 2.48. The maximum atomic E-state index is 10.5. The predicted molar refractivity (Wildman–Crippen MR) is 47.9 cm³/mol. The largest absolute Gasteiger partial charge is 0.349 e. The Morgan fingerprint density at radius 2 is 2.42 bits per heavy atom. The van der Waals surface area contributed by atoms with Gasteiger partial charge in [-0.15, -0.1) is 0 Å². The van der Waals surface area contributed by atoms with Crippen LogP contribution in [0.2, 0.25) is 0 Å². The first-order valence-corrected chi connectivity index (χ1v) is 3.82. The third-order valence-electron chi connectivity index (χ3n) is 1.39. The van der Waals surface area contributed by atoms with E-state index in [-0.39, 0.29) is 5.91 Å². The van der Waals surface area contributed by atoms with Crippen LogP contribution >= 0.6 is 0 Å². The van der Waals surface area contributed by atoms with Crippen LogP contribution in [0.25, 0.3) is 0 Å². The summed E-state index contributed by atoms with van der Waals surface area (Å²) in [4.78, 5) is 12.4. The average molecular weight is 164 g/mol. The van der Waals surface area contributed by atoms with E-state index in [1.165, 1.54) is 6.92 Å². The molecule has 0 aliphatic carbocycles. The Balaban J connectivity index is 2.31. The van der Waals surface area contributed by atoms with Crippen LogP contribution < -0.4 is 5.32 Å². The quantitative estimate of drug-likeness (QED) is 0.659. The highest BCUT2D eigenvalue weighted by Gasteiger charge is 1.92. The molecule has 0 saturated heterocycles. The van der Waals surface area contributed by atoms with Crippen molar-refractivity contribution < 1.29 is 4.79 Å². The molecule has 1 rings (SSSR count). The summed E-state index contributed by atoms with van der Waals surface area (Å²) in [5.41, 5.74) is 0. The van der Waals surface area contributed by atoms with Crippen molar-refractivity contribution in [3.05, 3.63) is 36.8 Å². The Morgan fingerprint density at radius 3 is 3.00 bits per heavy atom. The molecule has 3 nitrogen and oxygen atoms in total. The van der Waals surface area contributed by atoms with E-state index in [0.717, 1.165) is 6.54 Å². The Bertz CT molecular complexity index is 241. The summed E-state index contributed by atoms with van der Waals surface area (Å²) < 4.78 is 0. The number of hydrogen-bond acceptors (Lipinski definition) is 2. The normalized spacial score (nSPS) is 15.6. The third-order valence-corrected chi connectivity index (χ3v) is 1.39. The smallest absolute Gasteiger partial charge is 0.220 e. The second kappa shape index (κ2) is 4.38. The van der Waals surface area contributed by atoms with Gasteiger partial charge in [-0.1, -0.05) is 12.2 Å². The van der Waals surface area contributed by atoms with E-state index in [9.17, 15) is 4.79 Å². The van der Waals surface area contributed by atoms with E-state index < -0.39 is 0 Å². The van der Waals surface area contributed by atoms with E-state index in [4.69, 9.17) is 0 Å². The highest BCUT2D eigenvalue weighted by atomic mass is 16.1. The zero-order valence-electron chi connectivity index (χ0n) is 7.03. The predicted octanol–water partition coefficient (Wildman–Crippen LogP) is 0.979. The molecular weight excluding hydrogens is 152 g/mol. The summed E-state index contributed by atoms with van der Waals surface area (Å²) in [6.45, 7) is 2.34. The van der Waals surface area contributed by atoms with E-state index in [1.54, 1.807) is 6.20 Å². The van der Waals surface area contributed by atoms with Gasteiger partial charge < -0.3 is 10.2 Å². The van der Waals surface area contributed by atoms with Crippen LogP contribution in [-0.4, -0.2) is 17.4 Å². The lowest BCUT2D eigenvalue weighted by Crippen LogP contribution is -2.16. The summed E-state index contributed by atoms with van der Waals surface area (Å²) >= 11 is 0.